The van der Waals surface area contributed by atoms with Gasteiger partial charge in [0.05, 0.1) is 18.3 Å². The quantitative estimate of drug-likeness (QED) is 0.888. The van der Waals surface area contributed by atoms with Crippen LogP contribution in [0.4, 0.5) is 0 Å². The van der Waals surface area contributed by atoms with E-state index in [0.717, 1.165) is 10.0 Å². The Morgan fingerprint density at radius 3 is 2.95 bits per heavy atom. The molecule has 1 aromatic carbocycles. The van der Waals surface area contributed by atoms with Crippen LogP contribution in [0.3, 0.4) is 0 Å². The summed E-state index contributed by atoms with van der Waals surface area (Å²) in [6.45, 7) is 4.18. The summed E-state index contributed by atoms with van der Waals surface area (Å²) in [5, 5.41) is 0. The van der Waals surface area contributed by atoms with Gasteiger partial charge in [0.1, 0.15) is 0 Å². The maximum Gasteiger partial charge on any atom is 0.255 e. The lowest BCUT2D eigenvalue weighted by Crippen LogP contribution is -2.48. The molecule has 19 heavy (non-hydrogen) atoms. The number of aryl methyl sites for hydroxylation is 1. The molecule has 1 amide bonds. The lowest BCUT2D eigenvalue weighted by molar-refractivity contribution is -0.0167. The molecule has 1 aliphatic heterocycles. The Morgan fingerprint density at radius 1 is 1.58 bits per heavy atom. The minimum atomic E-state index is -0.0491. The van der Waals surface area contributed by atoms with Crippen LogP contribution in [-0.4, -0.2) is 43.2 Å². The summed E-state index contributed by atoms with van der Waals surface area (Å²) in [4.78, 5) is 14.2. The van der Waals surface area contributed by atoms with Crippen molar-refractivity contribution in [2.75, 3.05) is 26.2 Å². The highest BCUT2D eigenvalue weighted by Crippen LogP contribution is 2.21. The fourth-order valence-electron chi connectivity index (χ4n) is 2.01. The van der Waals surface area contributed by atoms with Crippen molar-refractivity contribution in [1.82, 2.24) is 4.90 Å². The molecule has 2 N–H and O–H groups in total. The van der Waals surface area contributed by atoms with Gasteiger partial charge in [-0.15, -0.1) is 12.4 Å². The van der Waals surface area contributed by atoms with Crippen molar-refractivity contribution in [2.24, 2.45) is 5.73 Å². The molecule has 1 unspecified atom stereocenters. The number of hydrogen-bond donors (Lipinski definition) is 1. The average Bonchev–Trinajstić information content (AvgIpc) is 2.38. The van der Waals surface area contributed by atoms with Crippen LogP contribution in [0.15, 0.2) is 22.7 Å². The number of amides is 1. The molecule has 1 atom stereocenters. The van der Waals surface area contributed by atoms with Crippen molar-refractivity contribution in [3.05, 3.63) is 33.8 Å². The highest BCUT2D eigenvalue weighted by atomic mass is 79.9. The first-order chi connectivity index (χ1) is 8.61. The van der Waals surface area contributed by atoms with Gasteiger partial charge in [0.15, 0.2) is 0 Å². The Hall–Kier alpha value is -0.620. The van der Waals surface area contributed by atoms with Crippen LogP contribution >= 0.6 is 28.3 Å². The molecule has 1 heterocycles. The Kier molecular flexibility index (Phi) is 6.26. The molecule has 4 nitrogen and oxygen atoms in total. The summed E-state index contributed by atoms with van der Waals surface area (Å²) in [6.07, 6.45) is -0.0491. The second-order valence-electron chi connectivity index (χ2n) is 4.46. The van der Waals surface area contributed by atoms with Gasteiger partial charge in [0, 0.05) is 24.1 Å². The van der Waals surface area contributed by atoms with Gasteiger partial charge in [-0.2, -0.15) is 0 Å². The number of morpholine rings is 1. The van der Waals surface area contributed by atoms with E-state index in [1.54, 1.807) is 4.90 Å². The molecule has 6 heteroatoms. The average molecular weight is 350 g/mol. The van der Waals surface area contributed by atoms with E-state index in [2.05, 4.69) is 15.9 Å². The molecule has 0 radical (unpaired) electrons. The SMILES string of the molecule is Cc1ccc(C(=O)N2CCOC(CN)C2)c(Br)c1.Cl. The van der Waals surface area contributed by atoms with Crippen LogP contribution in [0.5, 0.6) is 0 Å². The minimum absolute atomic E-state index is 0. The van der Waals surface area contributed by atoms with Gasteiger partial charge in [-0.3, -0.25) is 4.79 Å². The Morgan fingerprint density at radius 2 is 2.32 bits per heavy atom. The van der Waals surface area contributed by atoms with E-state index in [9.17, 15) is 4.79 Å². The van der Waals surface area contributed by atoms with E-state index < -0.39 is 0 Å². The largest absolute Gasteiger partial charge is 0.373 e. The second-order valence-corrected chi connectivity index (χ2v) is 5.32. The summed E-state index contributed by atoms with van der Waals surface area (Å²) >= 11 is 3.44. The molecule has 1 fully saturated rings. The summed E-state index contributed by atoms with van der Waals surface area (Å²) < 4.78 is 6.30. The van der Waals surface area contributed by atoms with Crippen LogP contribution in [0, 0.1) is 6.92 Å². The van der Waals surface area contributed by atoms with E-state index in [-0.39, 0.29) is 24.4 Å². The van der Waals surface area contributed by atoms with Crippen molar-refractivity contribution in [1.29, 1.82) is 0 Å². The smallest absolute Gasteiger partial charge is 0.255 e. The number of benzene rings is 1. The number of nitrogens with two attached hydrogens (primary N) is 1. The van der Waals surface area contributed by atoms with E-state index in [0.29, 0.717) is 31.8 Å². The summed E-state index contributed by atoms with van der Waals surface area (Å²) in [5.41, 5.74) is 7.40. The number of rotatable bonds is 2. The monoisotopic (exact) mass is 348 g/mol. The van der Waals surface area contributed by atoms with Crippen molar-refractivity contribution in [2.45, 2.75) is 13.0 Å². The summed E-state index contributed by atoms with van der Waals surface area (Å²) in [5.74, 6) is 0.0311. The fraction of sp³-hybridized carbons (Fsp3) is 0.462. The lowest BCUT2D eigenvalue weighted by Gasteiger charge is -2.32. The Labute approximate surface area is 127 Å². The maximum atomic E-state index is 12.4. The van der Waals surface area contributed by atoms with Crippen molar-refractivity contribution in [3.63, 3.8) is 0 Å². The summed E-state index contributed by atoms with van der Waals surface area (Å²) in [7, 11) is 0. The first-order valence-electron chi connectivity index (χ1n) is 5.99. The molecule has 0 spiro atoms. The van der Waals surface area contributed by atoms with Crippen LogP contribution in [0.25, 0.3) is 0 Å². The van der Waals surface area contributed by atoms with Crippen LogP contribution in [0.1, 0.15) is 15.9 Å². The third kappa shape index (κ3) is 3.92. The Balaban J connectivity index is 0.00000180. The zero-order valence-electron chi connectivity index (χ0n) is 10.8. The second kappa shape index (κ2) is 7.24. The minimum Gasteiger partial charge on any atom is -0.373 e. The number of halogens is 2. The summed E-state index contributed by atoms with van der Waals surface area (Å²) in [6, 6.07) is 5.75. The number of carbonyl (C=O) groups is 1. The Bertz CT molecular complexity index is 456. The molecule has 1 aliphatic rings. The lowest BCUT2D eigenvalue weighted by atomic mass is 10.1. The number of carbonyl (C=O) groups excluding carboxylic acids is 1. The predicted octanol–water partition coefficient (Wildman–Crippen LogP) is 1.98. The molecular formula is C13H18BrClN2O2. The number of hydrogen-bond acceptors (Lipinski definition) is 3. The molecule has 0 aliphatic carbocycles. The standard InChI is InChI=1S/C13H17BrN2O2.ClH/c1-9-2-3-11(12(14)6-9)13(17)16-4-5-18-10(7-15)8-16;/h2-3,6,10H,4-5,7-8,15H2,1H3;1H. The van der Waals surface area contributed by atoms with Crippen LogP contribution < -0.4 is 5.73 Å². The van der Waals surface area contributed by atoms with Crippen molar-refractivity contribution in [3.8, 4) is 0 Å². The van der Waals surface area contributed by atoms with Crippen molar-refractivity contribution < 1.29 is 9.53 Å². The predicted molar refractivity (Wildman–Crippen MR) is 80.8 cm³/mol. The molecule has 1 aromatic rings. The van der Waals surface area contributed by atoms with E-state index in [1.165, 1.54) is 0 Å². The molecule has 106 valence electrons. The van der Waals surface area contributed by atoms with E-state index in [1.807, 2.05) is 25.1 Å². The van der Waals surface area contributed by atoms with Gasteiger partial charge in [0.2, 0.25) is 0 Å². The fourth-order valence-corrected chi connectivity index (χ4v) is 2.67. The normalized spacial score (nSPS) is 18.9. The van der Waals surface area contributed by atoms with Crippen LogP contribution in [-0.2, 0) is 4.74 Å². The van der Waals surface area contributed by atoms with Crippen molar-refractivity contribution >= 4 is 34.2 Å². The van der Waals surface area contributed by atoms with E-state index in [4.69, 9.17) is 10.5 Å². The topological polar surface area (TPSA) is 55.6 Å². The molecule has 0 aromatic heterocycles. The molecule has 0 saturated carbocycles. The first kappa shape index (κ1) is 16.4. The zero-order valence-corrected chi connectivity index (χ0v) is 13.2. The molecular weight excluding hydrogens is 332 g/mol. The highest BCUT2D eigenvalue weighted by Gasteiger charge is 2.25. The number of nitrogens with zero attached hydrogens (tertiary/aromatic N) is 1. The van der Waals surface area contributed by atoms with Gasteiger partial charge in [-0.25, -0.2) is 0 Å². The zero-order chi connectivity index (χ0) is 13.1. The molecule has 1 saturated heterocycles. The third-order valence-electron chi connectivity index (χ3n) is 3.04. The van der Waals surface area contributed by atoms with Gasteiger partial charge in [-0.05, 0) is 40.5 Å². The molecule has 0 bridgehead atoms. The maximum absolute atomic E-state index is 12.4. The molecule has 2 rings (SSSR count). The highest BCUT2D eigenvalue weighted by molar-refractivity contribution is 9.10. The number of ether oxygens (including phenoxy) is 1. The van der Waals surface area contributed by atoms with Gasteiger partial charge in [0.25, 0.3) is 5.91 Å². The van der Waals surface area contributed by atoms with Gasteiger partial charge < -0.3 is 15.4 Å². The van der Waals surface area contributed by atoms with E-state index >= 15 is 0 Å². The third-order valence-corrected chi connectivity index (χ3v) is 3.70. The first-order valence-corrected chi connectivity index (χ1v) is 6.78. The van der Waals surface area contributed by atoms with Gasteiger partial charge in [-0.1, -0.05) is 6.07 Å². The van der Waals surface area contributed by atoms with Crippen LogP contribution in [0.2, 0.25) is 0 Å². The van der Waals surface area contributed by atoms with Gasteiger partial charge >= 0.3 is 0 Å².